The van der Waals surface area contributed by atoms with Gasteiger partial charge in [-0.15, -0.1) is 0 Å². The van der Waals surface area contributed by atoms with Gasteiger partial charge in [0.1, 0.15) is 0 Å². The number of nitrogens with zero attached hydrogens (tertiary/aromatic N) is 1. The van der Waals surface area contributed by atoms with E-state index in [0.717, 1.165) is 9.48 Å². The molecule has 12 heavy (non-hydrogen) atoms. The van der Waals surface area contributed by atoms with E-state index < -0.39 is 6.09 Å². The summed E-state index contributed by atoms with van der Waals surface area (Å²) in [5.41, 5.74) is 0.853. The smallest absolute Gasteiger partial charge is 0.413 e. The Hall–Kier alpha value is -0.620. The number of methoxy groups -OCH3 is 1. The summed E-state index contributed by atoms with van der Waals surface area (Å²) in [7, 11) is 1.31. The molecule has 1 aromatic rings. The fraction of sp³-hybridized carbons (Fsp3) is 0.333. The van der Waals surface area contributed by atoms with Crippen LogP contribution in [0.3, 0.4) is 0 Å². The van der Waals surface area contributed by atoms with E-state index in [-0.39, 0.29) is 0 Å². The van der Waals surface area contributed by atoms with Crippen LogP contribution in [0.15, 0.2) is 3.79 Å². The molecule has 1 rings (SSSR count). The van der Waals surface area contributed by atoms with Gasteiger partial charge in [-0.2, -0.15) is 0 Å². The Morgan fingerprint density at radius 2 is 2.42 bits per heavy atom. The topological polar surface area (TPSA) is 51.2 Å². The average Bonchev–Trinajstić information content (AvgIpc) is 2.31. The Balaban J connectivity index is 2.70. The molecule has 0 aliphatic rings. The predicted octanol–water partition coefficient (Wildman–Crippen LogP) is 2.39. The molecule has 0 bridgehead atoms. The van der Waals surface area contributed by atoms with Gasteiger partial charge in [0.05, 0.1) is 16.6 Å². The molecule has 0 aromatic carbocycles. The molecule has 6 heteroatoms. The molecule has 66 valence electrons. The van der Waals surface area contributed by atoms with E-state index in [1.165, 1.54) is 18.4 Å². The Kier molecular flexibility index (Phi) is 3.05. The van der Waals surface area contributed by atoms with Crippen molar-refractivity contribution < 1.29 is 9.53 Å². The lowest BCUT2D eigenvalue weighted by molar-refractivity contribution is 0.187. The van der Waals surface area contributed by atoms with Crippen LogP contribution in [-0.2, 0) is 4.74 Å². The first-order chi connectivity index (χ1) is 5.63. The summed E-state index contributed by atoms with van der Waals surface area (Å²) < 4.78 is 5.32. The third kappa shape index (κ3) is 2.18. The SMILES string of the molecule is COC(=O)Nc1nc(C)c(Br)s1. The third-order valence-electron chi connectivity index (χ3n) is 1.13. The van der Waals surface area contributed by atoms with Crippen LogP contribution < -0.4 is 5.32 Å². The standard InChI is InChI=1S/C6H7BrN2O2S/c1-3-4(7)12-5(8-3)9-6(10)11-2/h1-2H3,(H,8,9,10). The first-order valence-electron chi connectivity index (χ1n) is 3.11. The summed E-state index contributed by atoms with van der Waals surface area (Å²) in [6.07, 6.45) is -0.503. The highest BCUT2D eigenvalue weighted by atomic mass is 79.9. The maximum absolute atomic E-state index is 10.7. The minimum absolute atomic E-state index is 0.503. The summed E-state index contributed by atoms with van der Waals surface area (Å²) in [6, 6.07) is 0. The van der Waals surface area contributed by atoms with Crippen LogP contribution in [0, 0.1) is 6.92 Å². The van der Waals surface area contributed by atoms with Crippen LogP contribution in [-0.4, -0.2) is 18.2 Å². The highest BCUT2D eigenvalue weighted by Gasteiger charge is 2.07. The molecule has 0 aliphatic heterocycles. The van der Waals surface area contributed by atoms with Crippen LogP contribution in [0.2, 0.25) is 0 Å². The van der Waals surface area contributed by atoms with E-state index in [1.807, 2.05) is 6.92 Å². The summed E-state index contributed by atoms with van der Waals surface area (Å²) in [5, 5.41) is 3.00. The minimum atomic E-state index is -0.503. The predicted molar refractivity (Wildman–Crippen MR) is 50.6 cm³/mol. The number of nitrogens with one attached hydrogen (secondary N) is 1. The van der Waals surface area contributed by atoms with Crippen molar-refractivity contribution in [2.24, 2.45) is 0 Å². The average molecular weight is 251 g/mol. The van der Waals surface area contributed by atoms with Gasteiger partial charge in [-0.25, -0.2) is 9.78 Å². The number of aryl methyl sites for hydroxylation is 1. The van der Waals surface area contributed by atoms with Crippen molar-refractivity contribution in [3.63, 3.8) is 0 Å². The monoisotopic (exact) mass is 250 g/mol. The molecule has 1 aromatic heterocycles. The number of amides is 1. The van der Waals surface area contributed by atoms with E-state index in [1.54, 1.807) is 0 Å². The summed E-state index contributed by atoms with van der Waals surface area (Å²) in [6.45, 7) is 1.85. The number of halogens is 1. The van der Waals surface area contributed by atoms with Crippen LogP contribution in [0.1, 0.15) is 5.69 Å². The van der Waals surface area contributed by atoms with Crippen molar-refractivity contribution in [3.05, 3.63) is 9.48 Å². The van der Waals surface area contributed by atoms with E-state index in [4.69, 9.17) is 0 Å². The number of hydrogen-bond donors (Lipinski definition) is 1. The van der Waals surface area contributed by atoms with Gasteiger partial charge in [-0.05, 0) is 22.9 Å². The molecular formula is C6H7BrN2O2S. The molecule has 0 aliphatic carbocycles. The highest BCUT2D eigenvalue weighted by Crippen LogP contribution is 2.27. The Labute approximate surface area is 82.1 Å². The first-order valence-corrected chi connectivity index (χ1v) is 4.72. The van der Waals surface area contributed by atoms with Gasteiger partial charge in [0.25, 0.3) is 0 Å². The largest absolute Gasteiger partial charge is 0.453 e. The van der Waals surface area contributed by atoms with Crippen LogP contribution in [0.25, 0.3) is 0 Å². The molecule has 1 heterocycles. The van der Waals surface area contributed by atoms with Crippen molar-refractivity contribution in [2.45, 2.75) is 6.92 Å². The molecular weight excluding hydrogens is 244 g/mol. The molecule has 0 spiro atoms. The second-order valence-electron chi connectivity index (χ2n) is 1.99. The highest BCUT2D eigenvalue weighted by molar-refractivity contribution is 9.11. The lowest BCUT2D eigenvalue weighted by Crippen LogP contribution is -2.10. The van der Waals surface area contributed by atoms with Crippen LogP contribution >= 0.6 is 27.3 Å². The third-order valence-corrected chi connectivity index (χ3v) is 3.06. The summed E-state index contributed by atoms with van der Waals surface area (Å²) in [4.78, 5) is 14.8. The summed E-state index contributed by atoms with van der Waals surface area (Å²) >= 11 is 4.64. The Bertz CT molecular complexity index is 280. The zero-order chi connectivity index (χ0) is 9.14. The number of carbonyl (C=O) groups excluding carboxylic acids is 1. The number of rotatable bonds is 1. The molecule has 1 amide bonds. The van der Waals surface area contributed by atoms with Gasteiger partial charge in [-0.3, -0.25) is 5.32 Å². The zero-order valence-electron chi connectivity index (χ0n) is 6.55. The minimum Gasteiger partial charge on any atom is -0.453 e. The fourth-order valence-electron chi connectivity index (χ4n) is 0.570. The summed E-state index contributed by atoms with van der Waals surface area (Å²) in [5.74, 6) is 0. The molecule has 1 N–H and O–H groups in total. The van der Waals surface area contributed by atoms with Crippen molar-refractivity contribution in [1.29, 1.82) is 0 Å². The Morgan fingerprint density at radius 3 is 2.83 bits per heavy atom. The fourth-order valence-corrected chi connectivity index (χ4v) is 1.80. The number of anilines is 1. The van der Waals surface area contributed by atoms with Crippen LogP contribution in [0.4, 0.5) is 9.93 Å². The van der Waals surface area contributed by atoms with Gasteiger partial charge in [0, 0.05) is 0 Å². The maximum Gasteiger partial charge on any atom is 0.413 e. The second-order valence-corrected chi connectivity index (χ2v) is 4.31. The molecule has 0 saturated carbocycles. The molecule has 0 saturated heterocycles. The zero-order valence-corrected chi connectivity index (χ0v) is 8.95. The number of ether oxygens (including phenoxy) is 1. The van der Waals surface area contributed by atoms with Crippen molar-refractivity contribution in [2.75, 3.05) is 12.4 Å². The van der Waals surface area contributed by atoms with Gasteiger partial charge >= 0.3 is 6.09 Å². The molecule has 0 fully saturated rings. The number of carbonyl (C=O) groups is 1. The van der Waals surface area contributed by atoms with Crippen molar-refractivity contribution >= 4 is 38.5 Å². The normalized spacial score (nSPS) is 9.58. The lowest BCUT2D eigenvalue weighted by Gasteiger charge is -1.96. The number of hydrogen-bond acceptors (Lipinski definition) is 4. The van der Waals surface area contributed by atoms with Crippen LogP contribution in [0.5, 0.6) is 0 Å². The van der Waals surface area contributed by atoms with E-state index in [9.17, 15) is 4.79 Å². The van der Waals surface area contributed by atoms with E-state index in [2.05, 4.69) is 31.0 Å². The van der Waals surface area contributed by atoms with E-state index >= 15 is 0 Å². The van der Waals surface area contributed by atoms with Gasteiger partial charge in [0.15, 0.2) is 5.13 Å². The molecule has 0 atom stereocenters. The molecule has 4 nitrogen and oxygen atoms in total. The van der Waals surface area contributed by atoms with Gasteiger partial charge in [-0.1, -0.05) is 11.3 Å². The number of aromatic nitrogens is 1. The molecule has 0 unspecified atom stereocenters. The Morgan fingerprint density at radius 1 is 1.75 bits per heavy atom. The van der Waals surface area contributed by atoms with E-state index in [0.29, 0.717) is 5.13 Å². The maximum atomic E-state index is 10.7. The first kappa shape index (κ1) is 9.47. The quantitative estimate of drug-likeness (QED) is 0.833. The second kappa shape index (κ2) is 3.86. The van der Waals surface area contributed by atoms with Gasteiger partial charge in [0.2, 0.25) is 0 Å². The van der Waals surface area contributed by atoms with Crippen molar-refractivity contribution in [3.8, 4) is 0 Å². The lowest BCUT2D eigenvalue weighted by atomic mass is 10.6. The number of thiazole rings is 1. The van der Waals surface area contributed by atoms with Gasteiger partial charge < -0.3 is 4.74 Å². The van der Waals surface area contributed by atoms with Crippen molar-refractivity contribution in [1.82, 2.24) is 4.98 Å². The molecule has 0 radical (unpaired) electrons.